The molecule has 0 fully saturated rings. The van der Waals surface area contributed by atoms with E-state index < -0.39 is 11.6 Å². The van der Waals surface area contributed by atoms with Crippen LogP contribution in [0, 0.1) is 11.3 Å². The number of hydrogen-bond donors (Lipinski definition) is 1. The Morgan fingerprint density at radius 1 is 1.31 bits per heavy atom. The Bertz CT molecular complexity index is 484. The van der Waals surface area contributed by atoms with Crippen molar-refractivity contribution in [3.05, 3.63) is 59.8 Å². The van der Waals surface area contributed by atoms with E-state index in [1.807, 2.05) is 18.2 Å². The van der Waals surface area contributed by atoms with Crippen molar-refractivity contribution in [1.29, 1.82) is 5.26 Å². The van der Waals surface area contributed by atoms with Gasteiger partial charge in [0, 0.05) is 5.70 Å². The van der Waals surface area contributed by atoms with Gasteiger partial charge in [0.2, 0.25) is 5.67 Å². The highest BCUT2D eigenvalue weighted by atomic mass is 19.1. The molecule has 3 heteroatoms. The molecule has 2 N–H and O–H groups in total. The van der Waals surface area contributed by atoms with Gasteiger partial charge in [-0.15, -0.1) is 0 Å². The topological polar surface area (TPSA) is 49.8 Å². The SMILES string of the molecule is N#CC1(F)C=CC(N)=CC1c1ccccc1. The monoisotopic (exact) mass is 214 g/mol. The summed E-state index contributed by atoms with van der Waals surface area (Å²) >= 11 is 0. The third kappa shape index (κ3) is 1.70. The minimum atomic E-state index is -2.01. The summed E-state index contributed by atoms with van der Waals surface area (Å²) in [5.74, 6) is -0.635. The van der Waals surface area contributed by atoms with Crippen molar-refractivity contribution < 1.29 is 4.39 Å². The molecule has 0 aromatic heterocycles. The minimum Gasteiger partial charge on any atom is -0.399 e. The summed E-state index contributed by atoms with van der Waals surface area (Å²) in [5, 5.41) is 8.92. The Kier molecular flexibility index (Phi) is 2.49. The number of benzene rings is 1. The van der Waals surface area contributed by atoms with Crippen molar-refractivity contribution in [2.45, 2.75) is 11.6 Å². The van der Waals surface area contributed by atoms with Crippen LogP contribution in [0.4, 0.5) is 4.39 Å². The number of nitrogens with two attached hydrogens (primary N) is 1. The molecular formula is C13H11FN2. The molecule has 0 spiro atoms. The number of hydrogen-bond acceptors (Lipinski definition) is 2. The van der Waals surface area contributed by atoms with Crippen molar-refractivity contribution in [2.75, 3.05) is 0 Å². The molecule has 0 saturated carbocycles. The van der Waals surface area contributed by atoms with Crippen molar-refractivity contribution in [3.8, 4) is 6.07 Å². The second-order valence-corrected chi connectivity index (χ2v) is 3.77. The second-order valence-electron chi connectivity index (χ2n) is 3.77. The normalized spacial score (nSPS) is 28.2. The number of halogens is 1. The van der Waals surface area contributed by atoms with Gasteiger partial charge in [0.15, 0.2) is 0 Å². The van der Waals surface area contributed by atoms with E-state index in [9.17, 15) is 4.39 Å². The first kappa shape index (κ1) is 10.4. The average Bonchev–Trinajstić information content (AvgIpc) is 2.33. The van der Waals surface area contributed by atoms with Crippen LogP contribution in [0.1, 0.15) is 11.5 Å². The summed E-state index contributed by atoms with van der Waals surface area (Å²) < 4.78 is 14.3. The molecule has 0 heterocycles. The molecular weight excluding hydrogens is 203 g/mol. The number of rotatable bonds is 1. The van der Waals surface area contributed by atoms with E-state index in [0.717, 1.165) is 5.56 Å². The Balaban J connectivity index is 2.47. The van der Waals surface area contributed by atoms with Crippen molar-refractivity contribution in [1.82, 2.24) is 0 Å². The van der Waals surface area contributed by atoms with Gasteiger partial charge in [-0.3, -0.25) is 0 Å². The zero-order valence-electron chi connectivity index (χ0n) is 8.60. The Hall–Kier alpha value is -2.08. The maximum atomic E-state index is 14.3. The van der Waals surface area contributed by atoms with E-state index in [1.165, 1.54) is 12.2 Å². The van der Waals surface area contributed by atoms with Gasteiger partial charge in [0.05, 0.1) is 5.92 Å². The summed E-state index contributed by atoms with van der Waals surface area (Å²) in [6.07, 6.45) is 4.24. The summed E-state index contributed by atoms with van der Waals surface area (Å²) in [4.78, 5) is 0. The van der Waals surface area contributed by atoms with Crippen LogP contribution >= 0.6 is 0 Å². The third-order valence-electron chi connectivity index (χ3n) is 2.66. The van der Waals surface area contributed by atoms with Crippen LogP contribution in [-0.2, 0) is 0 Å². The zero-order chi connectivity index (χ0) is 11.6. The molecule has 0 bridgehead atoms. The molecule has 1 aromatic rings. The summed E-state index contributed by atoms with van der Waals surface area (Å²) in [6, 6.07) is 10.8. The molecule has 2 nitrogen and oxygen atoms in total. The van der Waals surface area contributed by atoms with E-state index in [2.05, 4.69) is 0 Å². The van der Waals surface area contributed by atoms with E-state index in [4.69, 9.17) is 11.0 Å². The molecule has 2 unspecified atom stereocenters. The summed E-state index contributed by atoms with van der Waals surface area (Å²) in [7, 11) is 0. The van der Waals surface area contributed by atoms with E-state index in [-0.39, 0.29) is 0 Å². The third-order valence-corrected chi connectivity index (χ3v) is 2.66. The summed E-state index contributed by atoms with van der Waals surface area (Å²) in [5.41, 5.74) is 4.86. The lowest BCUT2D eigenvalue weighted by molar-refractivity contribution is 0.278. The first-order valence-corrected chi connectivity index (χ1v) is 4.97. The van der Waals surface area contributed by atoms with Gasteiger partial charge >= 0.3 is 0 Å². The van der Waals surface area contributed by atoms with Gasteiger partial charge in [-0.2, -0.15) is 5.26 Å². The fourth-order valence-corrected chi connectivity index (χ4v) is 1.80. The van der Waals surface area contributed by atoms with Crippen molar-refractivity contribution >= 4 is 0 Å². The first-order valence-electron chi connectivity index (χ1n) is 4.97. The number of nitrogens with zero attached hydrogens (tertiary/aromatic N) is 1. The molecule has 0 amide bonds. The first-order chi connectivity index (χ1) is 7.65. The van der Waals surface area contributed by atoms with E-state index >= 15 is 0 Å². The highest BCUT2D eigenvalue weighted by Crippen LogP contribution is 2.37. The minimum absolute atomic E-state index is 0.484. The molecule has 2 rings (SSSR count). The second kappa shape index (κ2) is 3.82. The molecule has 2 atom stereocenters. The predicted octanol–water partition coefficient (Wildman–Crippen LogP) is 2.41. The molecule has 0 radical (unpaired) electrons. The van der Waals surface area contributed by atoms with Crippen LogP contribution < -0.4 is 5.73 Å². The molecule has 0 aliphatic heterocycles. The molecule has 1 aliphatic carbocycles. The molecule has 16 heavy (non-hydrogen) atoms. The van der Waals surface area contributed by atoms with Crippen LogP contribution in [0.2, 0.25) is 0 Å². The van der Waals surface area contributed by atoms with E-state index in [1.54, 1.807) is 24.3 Å². The van der Waals surface area contributed by atoms with Crippen LogP contribution in [0.25, 0.3) is 0 Å². The predicted molar refractivity (Wildman–Crippen MR) is 60.0 cm³/mol. The fourth-order valence-electron chi connectivity index (χ4n) is 1.80. The zero-order valence-corrected chi connectivity index (χ0v) is 8.60. The molecule has 0 saturated heterocycles. The quantitative estimate of drug-likeness (QED) is 0.780. The van der Waals surface area contributed by atoms with Crippen molar-refractivity contribution in [2.24, 2.45) is 5.73 Å². The molecule has 1 aliphatic rings. The summed E-state index contributed by atoms with van der Waals surface area (Å²) in [6.45, 7) is 0. The largest absolute Gasteiger partial charge is 0.399 e. The average molecular weight is 214 g/mol. The molecule has 1 aromatic carbocycles. The van der Waals surface area contributed by atoms with Gasteiger partial charge in [-0.25, -0.2) is 4.39 Å². The Morgan fingerprint density at radius 3 is 2.62 bits per heavy atom. The maximum Gasteiger partial charge on any atom is 0.224 e. The fraction of sp³-hybridized carbons (Fsp3) is 0.154. The van der Waals surface area contributed by atoms with E-state index in [0.29, 0.717) is 5.70 Å². The number of nitriles is 1. The highest BCUT2D eigenvalue weighted by Gasteiger charge is 2.38. The van der Waals surface area contributed by atoms with Gasteiger partial charge in [-0.1, -0.05) is 30.3 Å². The lowest BCUT2D eigenvalue weighted by Gasteiger charge is -2.26. The number of allylic oxidation sites excluding steroid dienone is 3. The smallest absolute Gasteiger partial charge is 0.224 e. The number of alkyl halides is 1. The Labute approximate surface area is 93.5 Å². The maximum absolute atomic E-state index is 14.3. The van der Waals surface area contributed by atoms with Crippen LogP contribution in [0.3, 0.4) is 0 Å². The lowest BCUT2D eigenvalue weighted by Crippen LogP contribution is -2.29. The van der Waals surface area contributed by atoms with Crippen molar-refractivity contribution in [3.63, 3.8) is 0 Å². The van der Waals surface area contributed by atoms with Gasteiger partial charge < -0.3 is 5.73 Å². The van der Waals surface area contributed by atoms with Gasteiger partial charge in [0.25, 0.3) is 0 Å². The van der Waals surface area contributed by atoms with Gasteiger partial charge in [-0.05, 0) is 23.8 Å². The Morgan fingerprint density at radius 2 is 2.00 bits per heavy atom. The lowest BCUT2D eigenvalue weighted by atomic mass is 9.81. The van der Waals surface area contributed by atoms with Gasteiger partial charge in [0.1, 0.15) is 6.07 Å². The highest BCUT2D eigenvalue weighted by molar-refractivity contribution is 5.42. The van der Waals surface area contributed by atoms with Crippen LogP contribution in [0.15, 0.2) is 54.3 Å². The van der Waals surface area contributed by atoms with Crippen LogP contribution in [0.5, 0.6) is 0 Å². The van der Waals surface area contributed by atoms with Crippen LogP contribution in [-0.4, -0.2) is 5.67 Å². The molecule has 80 valence electrons. The standard InChI is InChI=1S/C13H11FN2/c14-13(9-15)7-6-11(16)8-12(13)10-4-2-1-3-5-10/h1-8,12H,16H2.